The van der Waals surface area contributed by atoms with E-state index < -0.39 is 22.5 Å². The van der Waals surface area contributed by atoms with Gasteiger partial charge in [0.15, 0.2) is 11.5 Å². The Morgan fingerprint density at radius 2 is 1.79 bits per heavy atom. The van der Waals surface area contributed by atoms with Gasteiger partial charge < -0.3 is 14.2 Å². The quantitative estimate of drug-likeness (QED) is 0.199. The van der Waals surface area contributed by atoms with E-state index in [1.54, 1.807) is 54.6 Å². The van der Waals surface area contributed by atoms with Crippen molar-refractivity contribution in [3.05, 3.63) is 80.2 Å². The smallest absolute Gasteiger partial charge is 0.260 e. The van der Waals surface area contributed by atoms with Gasteiger partial charge in [-0.3, -0.25) is 9.10 Å². The highest BCUT2D eigenvalue weighted by molar-refractivity contribution is 9.10. The first-order valence-corrected chi connectivity index (χ1v) is 14.9. The SMILES string of the molecule is CCOc1ccc(N(CC(=O)N/N=C\c2cc(Br)c(OCc3ccc(Cl)c(Cl)c3)c(OC)c2)S(C)(=O)=O)cc1. The molecular weight excluding hydrogens is 633 g/mol. The predicted octanol–water partition coefficient (Wildman–Crippen LogP) is 5.66. The summed E-state index contributed by atoms with van der Waals surface area (Å²) in [5.74, 6) is 0.856. The Balaban J connectivity index is 1.67. The maximum absolute atomic E-state index is 12.5. The highest BCUT2D eigenvalue weighted by Crippen LogP contribution is 2.37. The number of nitrogens with zero attached hydrogens (tertiary/aromatic N) is 2. The largest absolute Gasteiger partial charge is 0.494 e. The minimum atomic E-state index is -3.74. The number of nitrogens with one attached hydrogen (secondary N) is 1. The lowest BCUT2D eigenvalue weighted by molar-refractivity contribution is -0.119. The van der Waals surface area contributed by atoms with Crippen LogP contribution in [0.4, 0.5) is 5.69 Å². The van der Waals surface area contributed by atoms with Crippen molar-refractivity contribution in [1.29, 1.82) is 0 Å². The van der Waals surface area contributed by atoms with Crippen LogP contribution in [0.2, 0.25) is 10.0 Å². The highest BCUT2D eigenvalue weighted by atomic mass is 79.9. The van der Waals surface area contributed by atoms with E-state index >= 15 is 0 Å². The Bertz CT molecular complexity index is 1450. The van der Waals surface area contributed by atoms with Gasteiger partial charge in [0.25, 0.3) is 5.91 Å². The molecule has 0 aliphatic rings. The normalized spacial score (nSPS) is 11.3. The third-order valence-electron chi connectivity index (χ3n) is 5.15. The van der Waals surface area contributed by atoms with E-state index in [1.165, 1.54) is 13.3 Å². The molecule has 0 aromatic heterocycles. The lowest BCUT2D eigenvalue weighted by Crippen LogP contribution is -2.39. The number of hydrazone groups is 1. The minimum absolute atomic E-state index is 0.223. The van der Waals surface area contributed by atoms with E-state index in [-0.39, 0.29) is 6.61 Å². The van der Waals surface area contributed by atoms with Gasteiger partial charge in [-0.1, -0.05) is 29.3 Å². The molecule has 0 bridgehead atoms. The third kappa shape index (κ3) is 8.76. The van der Waals surface area contributed by atoms with E-state index in [4.69, 9.17) is 37.4 Å². The molecule has 0 heterocycles. The standard InChI is InChI=1S/C26H26BrCl2N3O6S/c1-4-37-20-8-6-19(7-9-20)32(39(3,34)35)15-25(33)31-30-14-18-11-21(27)26(24(13-18)36-2)38-16-17-5-10-22(28)23(29)12-17/h5-14H,4,15-16H2,1-3H3,(H,31,33)/b30-14-. The second-order valence-corrected chi connectivity index (χ2v) is 11.6. The van der Waals surface area contributed by atoms with Crippen molar-refractivity contribution in [2.24, 2.45) is 5.10 Å². The summed E-state index contributed by atoms with van der Waals surface area (Å²) >= 11 is 15.5. The van der Waals surface area contributed by atoms with Crippen LogP contribution in [0.1, 0.15) is 18.1 Å². The molecule has 0 spiro atoms. The highest BCUT2D eigenvalue weighted by Gasteiger charge is 2.21. The van der Waals surface area contributed by atoms with Gasteiger partial charge >= 0.3 is 0 Å². The van der Waals surface area contributed by atoms with Crippen molar-refractivity contribution < 1.29 is 27.4 Å². The summed E-state index contributed by atoms with van der Waals surface area (Å²) in [5.41, 5.74) is 4.09. The average molecular weight is 659 g/mol. The molecule has 0 saturated heterocycles. The van der Waals surface area contributed by atoms with Crippen molar-refractivity contribution in [1.82, 2.24) is 5.43 Å². The molecule has 208 valence electrons. The fourth-order valence-electron chi connectivity index (χ4n) is 3.36. The van der Waals surface area contributed by atoms with Crippen molar-refractivity contribution in [3.8, 4) is 17.2 Å². The summed E-state index contributed by atoms with van der Waals surface area (Å²) < 4.78 is 43.0. The summed E-state index contributed by atoms with van der Waals surface area (Å²) in [6.07, 6.45) is 2.42. The number of sulfonamides is 1. The number of methoxy groups -OCH3 is 1. The zero-order valence-corrected chi connectivity index (χ0v) is 25.2. The van der Waals surface area contributed by atoms with Crippen LogP contribution in [0.25, 0.3) is 0 Å². The Labute approximate surface area is 245 Å². The van der Waals surface area contributed by atoms with E-state index in [1.807, 2.05) is 6.92 Å². The van der Waals surface area contributed by atoms with Crippen LogP contribution in [-0.2, 0) is 21.4 Å². The first-order valence-electron chi connectivity index (χ1n) is 11.5. The predicted molar refractivity (Wildman–Crippen MR) is 157 cm³/mol. The van der Waals surface area contributed by atoms with Gasteiger partial charge in [0.2, 0.25) is 10.0 Å². The van der Waals surface area contributed by atoms with E-state index in [0.717, 1.165) is 16.1 Å². The third-order valence-corrected chi connectivity index (χ3v) is 7.61. The maximum Gasteiger partial charge on any atom is 0.260 e. The average Bonchev–Trinajstić information content (AvgIpc) is 2.88. The molecule has 0 aliphatic heterocycles. The fraction of sp³-hybridized carbons (Fsp3) is 0.231. The van der Waals surface area contributed by atoms with E-state index in [9.17, 15) is 13.2 Å². The molecule has 0 radical (unpaired) electrons. The van der Waals surface area contributed by atoms with Crippen molar-refractivity contribution in [2.75, 3.05) is 30.8 Å². The lowest BCUT2D eigenvalue weighted by atomic mass is 10.2. The molecule has 13 heteroatoms. The van der Waals surface area contributed by atoms with Gasteiger partial charge in [0.05, 0.1) is 46.4 Å². The van der Waals surface area contributed by atoms with Crippen LogP contribution in [-0.4, -0.2) is 47.1 Å². The Hall–Kier alpha value is -2.99. The zero-order chi connectivity index (χ0) is 28.6. The van der Waals surface area contributed by atoms with Crippen molar-refractivity contribution in [3.63, 3.8) is 0 Å². The zero-order valence-electron chi connectivity index (χ0n) is 21.3. The number of halogens is 3. The second-order valence-electron chi connectivity index (χ2n) is 8.06. The number of hydrogen-bond donors (Lipinski definition) is 1. The Morgan fingerprint density at radius 1 is 1.08 bits per heavy atom. The van der Waals surface area contributed by atoms with Crippen molar-refractivity contribution in [2.45, 2.75) is 13.5 Å². The van der Waals surface area contributed by atoms with Crippen LogP contribution in [0.3, 0.4) is 0 Å². The summed E-state index contributed by atoms with van der Waals surface area (Å²) in [6, 6.07) is 15.0. The number of amides is 1. The molecule has 0 fully saturated rings. The molecule has 1 amide bonds. The summed E-state index contributed by atoms with van der Waals surface area (Å²) in [5, 5.41) is 4.84. The topological polar surface area (TPSA) is 107 Å². The van der Waals surface area contributed by atoms with Crippen LogP contribution in [0.5, 0.6) is 17.2 Å². The molecular formula is C26H26BrCl2N3O6S. The van der Waals surface area contributed by atoms with Crippen LogP contribution < -0.4 is 23.9 Å². The molecule has 3 aromatic carbocycles. The van der Waals surface area contributed by atoms with Crippen LogP contribution in [0, 0.1) is 0 Å². The lowest BCUT2D eigenvalue weighted by Gasteiger charge is -2.21. The molecule has 0 atom stereocenters. The molecule has 3 aromatic rings. The van der Waals surface area contributed by atoms with Gasteiger partial charge in [0, 0.05) is 0 Å². The Morgan fingerprint density at radius 3 is 2.41 bits per heavy atom. The Kier molecular flexibility index (Phi) is 10.9. The molecule has 0 unspecified atom stereocenters. The summed E-state index contributed by atoms with van der Waals surface area (Å²) in [4.78, 5) is 12.5. The molecule has 0 aliphatic carbocycles. The van der Waals surface area contributed by atoms with Crippen LogP contribution in [0.15, 0.2) is 64.2 Å². The number of rotatable bonds is 12. The van der Waals surface area contributed by atoms with Gasteiger partial charge in [0.1, 0.15) is 18.9 Å². The minimum Gasteiger partial charge on any atom is -0.494 e. The molecule has 9 nitrogen and oxygen atoms in total. The van der Waals surface area contributed by atoms with E-state index in [2.05, 4.69) is 26.5 Å². The van der Waals surface area contributed by atoms with Gasteiger partial charge in [-0.25, -0.2) is 13.8 Å². The number of carbonyl (C=O) groups excluding carboxylic acids is 1. The fourth-order valence-corrected chi connectivity index (χ4v) is 5.11. The number of anilines is 1. The maximum atomic E-state index is 12.5. The summed E-state index contributed by atoms with van der Waals surface area (Å²) in [7, 11) is -2.24. The number of benzene rings is 3. The van der Waals surface area contributed by atoms with Gasteiger partial charge in [-0.15, -0.1) is 0 Å². The molecule has 0 saturated carbocycles. The van der Waals surface area contributed by atoms with Gasteiger partial charge in [-0.05, 0) is 82.5 Å². The first kappa shape index (κ1) is 30.6. The molecule has 39 heavy (non-hydrogen) atoms. The second kappa shape index (κ2) is 13.9. The van der Waals surface area contributed by atoms with Gasteiger partial charge in [-0.2, -0.15) is 5.10 Å². The van der Waals surface area contributed by atoms with Crippen LogP contribution >= 0.6 is 39.1 Å². The molecule has 3 rings (SSSR count). The number of ether oxygens (including phenoxy) is 3. The molecule has 1 N–H and O–H groups in total. The first-order chi connectivity index (χ1) is 18.5. The van der Waals surface area contributed by atoms with E-state index in [0.29, 0.717) is 49.6 Å². The summed E-state index contributed by atoms with van der Waals surface area (Å²) in [6.45, 7) is 2.09. The monoisotopic (exact) mass is 657 g/mol. The number of carbonyl (C=O) groups is 1. The number of hydrogen-bond acceptors (Lipinski definition) is 7. The van der Waals surface area contributed by atoms with Crippen molar-refractivity contribution >= 4 is 67.0 Å².